The third-order valence-corrected chi connectivity index (χ3v) is 3.75. The number of rotatable bonds is 5. The van der Waals surface area contributed by atoms with E-state index in [2.05, 4.69) is 43.4 Å². The fraction of sp³-hybridized carbons (Fsp3) is 0.400. The van der Waals surface area contributed by atoms with Crippen LogP contribution >= 0.6 is 43.6 Å². The molecule has 0 fully saturated rings. The standard InChI is InChI=1S/C10H13Br2NOS/c1-14-10-6-9(13-3-4-15-2)7(11)5-8(10)12/h5-6,13H,3-4H2,1-2H3. The van der Waals surface area contributed by atoms with Gasteiger partial charge in [-0.05, 0) is 44.2 Å². The molecule has 0 saturated heterocycles. The summed E-state index contributed by atoms with van der Waals surface area (Å²) in [5, 5.41) is 3.35. The van der Waals surface area contributed by atoms with Crippen molar-refractivity contribution in [3.05, 3.63) is 21.1 Å². The quantitative estimate of drug-likeness (QED) is 0.807. The Kier molecular flexibility index (Phi) is 5.86. The lowest BCUT2D eigenvalue weighted by atomic mass is 10.3. The highest BCUT2D eigenvalue weighted by Gasteiger charge is 2.06. The first kappa shape index (κ1) is 13.2. The molecule has 1 rings (SSSR count). The highest BCUT2D eigenvalue weighted by molar-refractivity contribution is 9.11. The Balaban J connectivity index is 2.78. The number of nitrogens with one attached hydrogen (secondary N) is 1. The summed E-state index contributed by atoms with van der Waals surface area (Å²) in [6.45, 7) is 0.949. The van der Waals surface area contributed by atoms with Crippen LogP contribution in [0.1, 0.15) is 0 Å². The van der Waals surface area contributed by atoms with Gasteiger partial charge in [0.05, 0.1) is 17.3 Å². The maximum absolute atomic E-state index is 5.23. The van der Waals surface area contributed by atoms with Crippen molar-refractivity contribution in [1.29, 1.82) is 0 Å². The van der Waals surface area contributed by atoms with E-state index in [1.165, 1.54) is 0 Å². The van der Waals surface area contributed by atoms with Crippen molar-refractivity contribution in [2.24, 2.45) is 0 Å². The van der Waals surface area contributed by atoms with Gasteiger partial charge in [-0.1, -0.05) is 0 Å². The zero-order valence-corrected chi connectivity index (χ0v) is 12.6. The van der Waals surface area contributed by atoms with Gasteiger partial charge in [-0.3, -0.25) is 0 Å². The Labute approximate surface area is 111 Å². The topological polar surface area (TPSA) is 21.3 Å². The molecule has 15 heavy (non-hydrogen) atoms. The number of anilines is 1. The lowest BCUT2D eigenvalue weighted by Gasteiger charge is -2.11. The summed E-state index contributed by atoms with van der Waals surface area (Å²) >= 11 is 8.77. The van der Waals surface area contributed by atoms with Crippen LogP contribution in [0.25, 0.3) is 0 Å². The second kappa shape index (κ2) is 6.66. The largest absolute Gasteiger partial charge is 0.495 e. The molecule has 0 radical (unpaired) electrons. The van der Waals surface area contributed by atoms with Crippen LogP contribution in [0, 0.1) is 0 Å². The minimum Gasteiger partial charge on any atom is -0.495 e. The molecule has 0 aromatic heterocycles. The number of benzene rings is 1. The van der Waals surface area contributed by atoms with Crippen LogP contribution in [0.4, 0.5) is 5.69 Å². The molecule has 0 amide bonds. The van der Waals surface area contributed by atoms with Gasteiger partial charge >= 0.3 is 0 Å². The Hall–Kier alpha value is 0.130. The average Bonchev–Trinajstić information content (AvgIpc) is 2.21. The highest BCUT2D eigenvalue weighted by atomic mass is 79.9. The lowest BCUT2D eigenvalue weighted by Crippen LogP contribution is -2.04. The van der Waals surface area contributed by atoms with Gasteiger partial charge in [0.25, 0.3) is 0 Å². The van der Waals surface area contributed by atoms with Crippen molar-refractivity contribution in [2.45, 2.75) is 0 Å². The molecule has 0 spiro atoms. The van der Waals surface area contributed by atoms with Gasteiger partial charge in [0.1, 0.15) is 5.75 Å². The van der Waals surface area contributed by atoms with E-state index in [0.29, 0.717) is 0 Å². The van der Waals surface area contributed by atoms with E-state index in [-0.39, 0.29) is 0 Å². The maximum Gasteiger partial charge on any atom is 0.135 e. The first-order valence-corrected chi connectivity index (χ1v) is 7.43. The molecule has 2 nitrogen and oxygen atoms in total. The van der Waals surface area contributed by atoms with E-state index in [4.69, 9.17) is 4.74 Å². The van der Waals surface area contributed by atoms with Crippen molar-refractivity contribution in [3.63, 3.8) is 0 Å². The van der Waals surface area contributed by atoms with Gasteiger partial charge in [0.15, 0.2) is 0 Å². The normalized spacial score (nSPS) is 10.1. The summed E-state index contributed by atoms with van der Waals surface area (Å²) in [6.07, 6.45) is 2.10. The van der Waals surface area contributed by atoms with Gasteiger partial charge in [-0.2, -0.15) is 11.8 Å². The molecule has 0 saturated carbocycles. The van der Waals surface area contributed by atoms with E-state index < -0.39 is 0 Å². The van der Waals surface area contributed by atoms with Crippen molar-refractivity contribution in [3.8, 4) is 5.75 Å². The molecule has 0 atom stereocenters. The Morgan fingerprint density at radius 2 is 2.07 bits per heavy atom. The van der Waals surface area contributed by atoms with Gasteiger partial charge < -0.3 is 10.1 Å². The number of hydrogen-bond acceptors (Lipinski definition) is 3. The van der Waals surface area contributed by atoms with Crippen LogP contribution < -0.4 is 10.1 Å². The minimum absolute atomic E-state index is 0.838. The number of methoxy groups -OCH3 is 1. The van der Waals surface area contributed by atoms with E-state index in [0.717, 1.165) is 32.7 Å². The predicted molar refractivity (Wildman–Crippen MR) is 75.3 cm³/mol. The molecule has 1 aromatic carbocycles. The zero-order valence-electron chi connectivity index (χ0n) is 8.64. The summed E-state index contributed by atoms with van der Waals surface area (Å²) in [6, 6.07) is 3.97. The lowest BCUT2D eigenvalue weighted by molar-refractivity contribution is 0.412. The monoisotopic (exact) mass is 353 g/mol. The summed E-state index contributed by atoms with van der Waals surface area (Å²) < 4.78 is 7.22. The van der Waals surface area contributed by atoms with Crippen LogP contribution in [0.2, 0.25) is 0 Å². The second-order valence-corrected chi connectivity index (χ2v) is 5.58. The zero-order chi connectivity index (χ0) is 11.3. The summed E-state index contributed by atoms with van der Waals surface area (Å²) in [7, 11) is 1.67. The number of hydrogen-bond donors (Lipinski definition) is 1. The van der Waals surface area contributed by atoms with Crippen molar-refractivity contribution < 1.29 is 4.74 Å². The van der Waals surface area contributed by atoms with Crippen molar-refractivity contribution >= 4 is 49.3 Å². The number of thioether (sulfide) groups is 1. The molecule has 0 unspecified atom stereocenters. The smallest absolute Gasteiger partial charge is 0.135 e. The van der Waals surface area contributed by atoms with E-state index in [1.54, 1.807) is 7.11 Å². The van der Waals surface area contributed by atoms with Crippen LogP contribution in [0.5, 0.6) is 5.75 Å². The first-order chi connectivity index (χ1) is 7.19. The van der Waals surface area contributed by atoms with Crippen LogP contribution in [-0.4, -0.2) is 25.7 Å². The van der Waals surface area contributed by atoms with E-state index >= 15 is 0 Å². The summed E-state index contributed by atoms with van der Waals surface area (Å²) in [5.74, 6) is 1.93. The van der Waals surface area contributed by atoms with E-state index in [1.807, 2.05) is 23.9 Å². The number of ether oxygens (including phenoxy) is 1. The van der Waals surface area contributed by atoms with Crippen molar-refractivity contribution in [2.75, 3.05) is 31.0 Å². The fourth-order valence-corrected chi connectivity index (χ4v) is 2.71. The first-order valence-electron chi connectivity index (χ1n) is 4.45. The molecular weight excluding hydrogens is 342 g/mol. The molecule has 0 aliphatic heterocycles. The molecule has 1 N–H and O–H groups in total. The molecular formula is C10H13Br2NOS. The molecule has 0 heterocycles. The Bertz CT molecular complexity index is 333. The van der Waals surface area contributed by atoms with Crippen LogP contribution in [0.15, 0.2) is 21.1 Å². The summed E-state index contributed by atoms with van der Waals surface area (Å²) in [4.78, 5) is 0. The van der Waals surface area contributed by atoms with Gasteiger partial charge in [0, 0.05) is 22.8 Å². The second-order valence-electron chi connectivity index (χ2n) is 2.89. The molecule has 0 aliphatic carbocycles. The highest BCUT2D eigenvalue weighted by Crippen LogP contribution is 2.34. The van der Waals surface area contributed by atoms with Crippen molar-refractivity contribution in [1.82, 2.24) is 0 Å². The third kappa shape index (κ3) is 3.89. The fourth-order valence-electron chi connectivity index (χ4n) is 1.11. The molecule has 84 valence electrons. The number of halogens is 2. The SMILES string of the molecule is COc1cc(NCCSC)c(Br)cc1Br. The molecule has 1 aromatic rings. The third-order valence-electron chi connectivity index (χ3n) is 1.86. The van der Waals surface area contributed by atoms with Gasteiger partial charge in [-0.25, -0.2) is 0 Å². The molecule has 0 aliphatic rings. The molecule has 0 bridgehead atoms. The maximum atomic E-state index is 5.23. The van der Waals surface area contributed by atoms with Gasteiger partial charge in [-0.15, -0.1) is 0 Å². The average molecular weight is 355 g/mol. The van der Waals surface area contributed by atoms with E-state index in [9.17, 15) is 0 Å². The molecule has 5 heteroatoms. The van der Waals surface area contributed by atoms with Crippen LogP contribution in [0.3, 0.4) is 0 Å². The Morgan fingerprint density at radius 3 is 2.67 bits per heavy atom. The Morgan fingerprint density at radius 1 is 1.33 bits per heavy atom. The summed E-state index contributed by atoms with van der Waals surface area (Å²) in [5.41, 5.74) is 1.06. The minimum atomic E-state index is 0.838. The van der Waals surface area contributed by atoms with Crippen LogP contribution in [-0.2, 0) is 0 Å². The predicted octanol–water partition coefficient (Wildman–Crippen LogP) is 4.00. The van der Waals surface area contributed by atoms with Gasteiger partial charge in [0.2, 0.25) is 0 Å².